The van der Waals surface area contributed by atoms with Crippen molar-refractivity contribution in [3.8, 4) is 0 Å². The Hall–Kier alpha value is -1.15. The normalized spacial score (nSPS) is 19.8. The Morgan fingerprint density at radius 3 is 3.00 bits per heavy atom. The fourth-order valence-electron chi connectivity index (χ4n) is 3.05. The topological polar surface area (TPSA) is 43.1 Å². The lowest BCUT2D eigenvalue weighted by molar-refractivity contribution is -0.120. The van der Waals surface area contributed by atoms with Crippen molar-refractivity contribution in [2.24, 2.45) is 5.73 Å². The molecule has 0 amide bonds. The largest absolute Gasteiger partial charge is 0.322 e. The van der Waals surface area contributed by atoms with Crippen molar-refractivity contribution in [1.29, 1.82) is 0 Å². The van der Waals surface area contributed by atoms with E-state index in [0.29, 0.717) is 12.3 Å². The molecule has 1 aromatic carbocycles. The van der Waals surface area contributed by atoms with Gasteiger partial charge in [0.1, 0.15) is 5.78 Å². The third-order valence-corrected chi connectivity index (χ3v) is 4.22. The van der Waals surface area contributed by atoms with Gasteiger partial charge in [-0.1, -0.05) is 44.0 Å². The summed E-state index contributed by atoms with van der Waals surface area (Å²) in [4.78, 5) is 12.2. The average molecular weight is 259 g/mol. The van der Waals surface area contributed by atoms with E-state index in [2.05, 4.69) is 31.2 Å². The molecule has 2 atom stereocenters. The minimum absolute atomic E-state index is 0.246. The lowest BCUT2D eigenvalue weighted by atomic mass is 9.79. The van der Waals surface area contributed by atoms with Crippen LogP contribution in [0.1, 0.15) is 62.5 Å². The first-order valence-electron chi connectivity index (χ1n) is 7.58. The number of nitrogens with two attached hydrogens (primary N) is 1. The molecule has 2 N–H and O–H groups in total. The highest BCUT2D eigenvalue weighted by Gasteiger charge is 2.24. The number of hydrogen-bond donors (Lipinski definition) is 1. The maximum absolute atomic E-state index is 12.2. The summed E-state index contributed by atoms with van der Waals surface area (Å²) < 4.78 is 0. The van der Waals surface area contributed by atoms with E-state index >= 15 is 0 Å². The van der Waals surface area contributed by atoms with E-state index < -0.39 is 0 Å². The van der Waals surface area contributed by atoms with Crippen LogP contribution in [0.25, 0.3) is 0 Å². The van der Waals surface area contributed by atoms with Crippen molar-refractivity contribution in [2.45, 2.75) is 63.8 Å². The van der Waals surface area contributed by atoms with Crippen molar-refractivity contribution < 1.29 is 4.79 Å². The van der Waals surface area contributed by atoms with Gasteiger partial charge in [-0.15, -0.1) is 0 Å². The first kappa shape index (κ1) is 14.3. The quantitative estimate of drug-likeness (QED) is 0.848. The van der Waals surface area contributed by atoms with Gasteiger partial charge in [0.15, 0.2) is 0 Å². The van der Waals surface area contributed by atoms with Gasteiger partial charge in [-0.2, -0.15) is 0 Å². The van der Waals surface area contributed by atoms with Crippen molar-refractivity contribution in [3.05, 3.63) is 35.4 Å². The number of Topliss-reactive ketones (excluding diaryl/α,β-unsaturated/α-hetero) is 1. The van der Waals surface area contributed by atoms with Crippen LogP contribution in [0.3, 0.4) is 0 Å². The Bertz CT molecular complexity index is 427. The third kappa shape index (κ3) is 3.66. The Morgan fingerprint density at radius 2 is 2.21 bits per heavy atom. The molecule has 2 heteroatoms. The highest BCUT2D eigenvalue weighted by atomic mass is 16.1. The number of aryl methyl sites for hydroxylation is 1. The summed E-state index contributed by atoms with van der Waals surface area (Å²) in [5, 5.41) is 0. The lowest BCUT2D eigenvalue weighted by Gasteiger charge is -2.25. The summed E-state index contributed by atoms with van der Waals surface area (Å²) in [6.45, 7) is 2.13. The summed E-state index contributed by atoms with van der Waals surface area (Å²) in [5.41, 5.74) is 8.80. The summed E-state index contributed by atoms with van der Waals surface area (Å²) in [6.07, 6.45) is 7.10. The monoisotopic (exact) mass is 259 g/mol. The van der Waals surface area contributed by atoms with E-state index in [1.807, 2.05) is 0 Å². The molecule has 0 heterocycles. The van der Waals surface area contributed by atoms with Gasteiger partial charge in [0.2, 0.25) is 0 Å². The molecule has 0 radical (unpaired) electrons. The molecule has 1 aromatic rings. The zero-order valence-corrected chi connectivity index (χ0v) is 11.9. The highest BCUT2D eigenvalue weighted by molar-refractivity contribution is 5.84. The van der Waals surface area contributed by atoms with E-state index in [-0.39, 0.29) is 11.8 Å². The number of carbonyl (C=O) groups excluding carboxylic acids is 1. The van der Waals surface area contributed by atoms with E-state index in [9.17, 15) is 4.79 Å². The number of carbonyl (C=O) groups is 1. The zero-order chi connectivity index (χ0) is 13.7. The van der Waals surface area contributed by atoms with Gasteiger partial charge in [0, 0.05) is 6.42 Å². The first-order valence-corrected chi connectivity index (χ1v) is 7.58. The molecule has 0 fully saturated rings. The number of unbranched alkanes of at least 4 members (excludes halogenated alkanes) is 1. The number of fused-ring (bicyclic) bond motifs is 1. The van der Waals surface area contributed by atoms with E-state index in [1.165, 1.54) is 17.5 Å². The predicted molar refractivity (Wildman–Crippen MR) is 79.2 cm³/mol. The van der Waals surface area contributed by atoms with Crippen molar-refractivity contribution in [1.82, 2.24) is 0 Å². The van der Waals surface area contributed by atoms with E-state index in [4.69, 9.17) is 5.73 Å². The molecule has 1 aliphatic rings. The number of hydrogen-bond acceptors (Lipinski definition) is 2. The molecule has 0 aromatic heterocycles. The maximum Gasteiger partial charge on any atom is 0.150 e. The fourth-order valence-corrected chi connectivity index (χ4v) is 3.05. The standard InChI is InChI=1S/C17H25NO/c1-2-3-11-16(18)17(19)12-14-9-6-8-13-7-4-5-10-15(13)14/h4-5,7,10,14,16H,2-3,6,8-9,11-12,18H2,1H3. The maximum atomic E-state index is 12.2. The average Bonchev–Trinajstić information content (AvgIpc) is 2.45. The van der Waals surface area contributed by atoms with Crippen LogP contribution in [0.4, 0.5) is 0 Å². The van der Waals surface area contributed by atoms with Crippen LogP contribution in [-0.4, -0.2) is 11.8 Å². The minimum Gasteiger partial charge on any atom is -0.322 e. The van der Waals surface area contributed by atoms with Crippen LogP contribution in [0, 0.1) is 0 Å². The van der Waals surface area contributed by atoms with Gasteiger partial charge >= 0.3 is 0 Å². The SMILES string of the molecule is CCCCC(N)C(=O)CC1CCCc2ccccc21. The molecule has 1 aliphatic carbocycles. The second-order valence-corrected chi connectivity index (χ2v) is 5.71. The van der Waals surface area contributed by atoms with E-state index in [1.54, 1.807) is 0 Å². The van der Waals surface area contributed by atoms with Gasteiger partial charge in [0.25, 0.3) is 0 Å². The second-order valence-electron chi connectivity index (χ2n) is 5.71. The number of rotatable bonds is 6. The second kappa shape index (κ2) is 6.85. The van der Waals surface area contributed by atoms with Crippen molar-refractivity contribution in [3.63, 3.8) is 0 Å². The Kier molecular flexibility index (Phi) is 5.15. The van der Waals surface area contributed by atoms with Gasteiger partial charge in [0.05, 0.1) is 6.04 Å². The molecule has 19 heavy (non-hydrogen) atoms. The van der Waals surface area contributed by atoms with Gasteiger partial charge < -0.3 is 5.73 Å². The van der Waals surface area contributed by atoms with Crippen molar-refractivity contribution >= 4 is 5.78 Å². The van der Waals surface area contributed by atoms with Crippen LogP contribution < -0.4 is 5.73 Å². The molecule has 0 bridgehead atoms. The number of ketones is 1. The van der Waals surface area contributed by atoms with Gasteiger partial charge in [-0.05, 0) is 42.7 Å². The molecule has 104 valence electrons. The number of benzene rings is 1. The Balaban J connectivity index is 1.98. The lowest BCUT2D eigenvalue weighted by Crippen LogP contribution is -2.32. The molecule has 0 spiro atoms. The first-order chi connectivity index (χ1) is 9.22. The summed E-state index contributed by atoms with van der Waals surface area (Å²) in [6, 6.07) is 8.30. The van der Waals surface area contributed by atoms with Crippen LogP contribution in [0.2, 0.25) is 0 Å². The molecule has 2 rings (SSSR count). The molecule has 0 saturated heterocycles. The van der Waals surface area contributed by atoms with E-state index in [0.717, 1.165) is 32.1 Å². The molecular weight excluding hydrogens is 234 g/mol. The Labute approximate surface area is 116 Å². The molecular formula is C17H25NO. The Morgan fingerprint density at radius 1 is 1.42 bits per heavy atom. The predicted octanol–water partition coefficient (Wildman–Crippen LogP) is 3.58. The molecule has 0 aliphatic heterocycles. The highest BCUT2D eigenvalue weighted by Crippen LogP contribution is 2.34. The summed E-state index contributed by atoms with van der Waals surface area (Å²) in [5.74, 6) is 0.639. The minimum atomic E-state index is -0.256. The van der Waals surface area contributed by atoms with Crippen LogP contribution >= 0.6 is 0 Å². The van der Waals surface area contributed by atoms with Gasteiger partial charge in [-0.3, -0.25) is 4.79 Å². The summed E-state index contributed by atoms with van der Waals surface area (Å²) >= 11 is 0. The van der Waals surface area contributed by atoms with Crippen LogP contribution in [0.15, 0.2) is 24.3 Å². The smallest absolute Gasteiger partial charge is 0.150 e. The van der Waals surface area contributed by atoms with Crippen LogP contribution in [-0.2, 0) is 11.2 Å². The summed E-state index contributed by atoms with van der Waals surface area (Å²) in [7, 11) is 0. The molecule has 0 saturated carbocycles. The fraction of sp³-hybridized carbons (Fsp3) is 0.588. The molecule has 2 nitrogen and oxygen atoms in total. The molecule has 2 unspecified atom stereocenters. The van der Waals surface area contributed by atoms with Crippen molar-refractivity contribution in [2.75, 3.05) is 0 Å². The third-order valence-electron chi connectivity index (χ3n) is 4.22. The van der Waals surface area contributed by atoms with Gasteiger partial charge in [-0.25, -0.2) is 0 Å². The van der Waals surface area contributed by atoms with Crippen LogP contribution in [0.5, 0.6) is 0 Å². The zero-order valence-electron chi connectivity index (χ0n) is 11.9.